The molecule has 0 amide bonds. The number of carbonyl (C=O) groups is 3. The average molecular weight is 579 g/mol. The SMILES string of the molecule is CCCCCCCCCCCCCC(=O)OC1=C(C)OCC(OC(=O)CCCCCCCCCCCCC)C1C=O. The maximum absolute atomic E-state index is 12.5. The molecule has 0 saturated heterocycles. The summed E-state index contributed by atoms with van der Waals surface area (Å²) < 4.78 is 16.8. The molecule has 0 N–H and O–H groups in total. The molecule has 1 heterocycles. The van der Waals surface area contributed by atoms with E-state index in [1.165, 1.54) is 103 Å². The number of carbonyl (C=O) groups excluding carboxylic acids is 3. The van der Waals surface area contributed by atoms with Crippen molar-refractivity contribution in [1.29, 1.82) is 0 Å². The van der Waals surface area contributed by atoms with Crippen molar-refractivity contribution in [3.8, 4) is 0 Å². The third kappa shape index (κ3) is 19.1. The van der Waals surface area contributed by atoms with Gasteiger partial charge in [-0.3, -0.25) is 9.59 Å². The second kappa shape index (κ2) is 25.8. The molecule has 2 unspecified atom stereocenters. The summed E-state index contributed by atoms with van der Waals surface area (Å²) >= 11 is 0. The van der Waals surface area contributed by atoms with E-state index in [-0.39, 0.29) is 24.3 Å². The highest BCUT2D eigenvalue weighted by atomic mass is 16.6. The zero-order valence-electron chi connectivity index (χ0n) is 26.9. The third-order valence-corrected chi connectivity index (χ3v) is 8.14. The molecule has 0 fully saturated rings. The van der Waals surface area contributed by atoms with E-state index in [2.05, 4.69) is 13.8 Å². The Morgan fingerprint density at radius 2 is 1.05 bits per heavy atom. The minimum atomic E-state index is -0.814. The molecule has 6 nitrogen and oxygen atoms in total. The number of hydrogen-bond acceptors (Lipinski definition) is 6. The monoisotopic (exact) mass is 578 g/mol. The number of hydrogen-bond donors (Lipinski definition) is 0. The van der Waals surface area contributed by atoms with Gasteiger partial charge >= 0.3 is 11.9 Å². The van der Waals surface area contributed by atoms with Gasteiger partial charge in [0.25, 0.3) is 0 Å². The van der Waals surface area contributed by atoms with E-state index in [1.54, 1.807) is 6.92 Å². The first-order valence-electron chi connectivity index (χ1n) is 17.2. The molecule has 6 heteroatoms. The zero-order chi connectivity index (χ0) is 30.0. The fraction of sp³-hybridized carbons (Fsp3) is 0.857. The third-order valence-electron chi connectivity index (χ3n) is 8.14. The first-order valence-corrected chi connectivity index (χ1v) is 17.2. The van der Waals surface area contributed by atoms with Crippen molar-refractivity contribution in [1.82, 2.24) is 0 Å². The van der Waals surface area contributed by atoms with Crippen LogP contribution in [0, 0.1) is 5.92 Å². The van der Waals surface area contributed by atoms with Crippen LogP contribution in [0.5, 0.6) is 0 Å². The van der Waals surface area contributed by atoms with Gasteiger partial charge in [0, 0.05) is 12.8 Å². The smallest absolute Gasteiger partial charge is 0.311 e. The number of aldehydes is 1. The average Bonchev–Trinajstić information content (AvgIpc) is 2.96. The van der Waals surface area contributed by atoms with Gasteiger partial charge in [-0.25, -0.2) is 0 Å². The lowest BCUT2D eigenvalue weighted by atomic mass is 9.99. The molecule has 41 heavy (non-hydrogen) atoms. The minimum absolute atomic E-state index is 0.0961. The molecule has 0 bridgehead atoms. The Hall–Kier alpha value is -1.85. The molecule has 0 aliphatic carbocycles. The fourth-order valence-corrected chi connectivity index (χ4v) is 5.45. The van der Waals surface area contributed by atoms with Gasteiger partial charge in [0.15, 0.2) is 11.9 Å². The molecule has 238 valence electrons. The van der Waals surface area contributed by atoms with Crippen LogP contribution in [-0.2, 0) is 28.6 Å². The van der Waals surface area contributed by atoms with Gasteiger partial charge in [-0.05, 0) is 19.8 Å². The maximum atomic E-state index is 12.5. The van der Waals surface area contributed by atoms with E-state index in [9.17, 15) is 14.4 Å². The molecule has 0 radical (unpaired) electrons. The predicted octanol–water partition coefficient (Wildman–Crippen LogP) is 9.92. The fourth-order valence-electron chi connectivity index (χ4n) is 5.45. The van der Waals surface area contributed by atoms with Crippen molar-refractivity contribution >= 4 is 18.2 Å². The van der Waals surface area contributed by atoms with Crippen LogP contribution in [0.25, 0.3) is 0 Å². The van der Waals surface area contributed by atoms with Gasteiger partial charge in [-0.15, -0.1) is 0 Å². The van der Waals surface area contributed by atoms with Gasteiger partial charge in [-0.1, -0.05) is 142 Å². The summed E-state index contributed by atoms with van der Waals surface area (Å²) in [5.41, 5.74) is 0. The van der Waals surface area contributed by atoms with E-state index in [4.69, 9.17) is 14.2 Å². The minimum Gasteiger partial charge on any atom is -0.491 e. The van der Waals surface area contributed by atoms with Crippen LogP contribution in [0.4, 0.5) is 0 Å². The van der Waals surface area contributed by atoms with E-state index in [0.717, 1.165) is 38.5 Å². The van der Waals surface area contributed by atoms with E-state index >= 15 is 0 Å². The lowest BCUT2D eigenvalue weighted by molar-refractivity contribution is -0.159. The van der Waals surface area contributed by atoms with Crippen LogP contribution in [0.3, 0.4) is 0 Å². The van der Waals surface area contributed by atoms with Crippen LogP contribution in [0.2, 0.25) is 0 Å². The number of allylic oxidation sites excluding steroid dienone is 1. The van der Waals surface area contributed by atoms with E-state index < -0.39 is 12.0 Å². The largest absolute Gasteiger partial charge is 0.491 e. The second-order valence-corrected chi connectivity index (χ2v) is 12.0. The molecule has 0 spiro atoms. The van der Waals surface area contributed by atoms with Gasteiger partial charge in [0.1, 0.15) is 24.6 Å². The van der Waals surface area contributed by atoms with E-state index in [1.807, 2.05) is 0 Å². The van der Waals surface area contributed by atoms with Crippen molar-refractivity contribution in [2.75, 3.05) is 6.61 Å². The van der Waals surface area contributed by atoms with Crippen LogP contribution in [-0.4, -0.2) is 30.9 Å². The Labute approximate surface area is 251 Å². The standard InChI is InChI=1S/C35H62O6/c1-4-6-8-10-12-14-16-18-20-22-24-26-33(37)40-32-29-39-30(3)35(31(32)28-36)41-34(38)27-25-23-21-19-17-15-13-11-9-7-5-2/h28,31-32H,4-27,29H2,1-3H3. The summed E-state index contributed by atoms with van der Waals surface area (Å²) in [6.07, 6.45) is 27.3. The Balaban J connectivity index is 2.21. The van der Waals surface area contributed by atoms with Crippen molar-refractivity contribution in [2.45, 2.75) is 181 Å². The summed E-state index contributed by atoms with van der Waals surface area (Å²) in [5.74, 6) is -0.906. The molecule has 0 aromatic carbocycles. The number of rotatable bonds is 27. The number of ether oxygens (including phenoxy) is 3. The van der Waals surface area contributed by atoms with Crippen LogP contribution < -0.4 is 0 Å². The lowest BCUT2D eigenvalue weighted by Crippen LogP contribution is -2.38. The number of esters is 2. The molecule has 0 aromatic rings. The zero-order valence-corrected chi connectivity index (χ0v) is 26.9. The highest BCUT2D eigenvalue weighted by Crippen LogP contribution is 2.28. The van der Waals surface area contributed by atoms with Gasteiger partial charge in [0.2, 0.25) is 0 Å². The molecule has 0 aromatic heterocycles. The summed E-state index contributed by atoms with van der Waals surface area (Å²) in [4.78, 5) is 36.9. The molecule has 1 rings (SSSR count). The molecule has 2 atom stereocenters. The Morgan fingerprint density at radius 3 is 1.46 bits per heavy atom. The Morgan fingerprint density at radius 1 is 0.659 bits per heavy atom. The van der Waals surface area contributed by atoms with Crippen molar-refractivity contribution in [3.63, 3.8) is 0 Å². The van der Waals surface area contributed by atoms with Gasteiger partial charge < -0.3 is 19.0 Å². The maximum Gasteiger partial charge on any atom is 0.311 e. The summed E-state index contributed by atoms with van der Waals surface area (Å²) in [7, 11) is 0. The van der Waals surface area contributed by atoms with Crippen LogP contribution >= 0.6 is 0 Å². The second-order valence-electron chi connectivity index (χ2n) is 12.0. The highest BCUT2D eigenvalue weighted by molar-refractivity contribution is 5.73. The van der Waals surface area contributed by atoms with Gasteiger partial charge in [-0.2, -0.15) is 0 Å². The first kappa shape index (κ1) is 37.2. The highest BCUT2D eigenvalue weighted by Gasteiger charge is 2.37. The molecular formula is C35H62O6. The van der Waals surface area contributed by atoms with Crippen molar-refractivity contribution in [3.05, 3.63) is 11.5 Å². The summed E-state index contributed by atoms with van der Waals surface area (Å²) in [6, 6.07) is 0. The Bertz CT molecular complexity index is 715. The molecule has 0 saturated carbocycles. The first-order chi connectivity index (χ1) is 20.0. The summed E-state index contributed by atoms with van der Waals surface area (Å²) in [5, 5.41) is 0. The van der Waals surface area contributed by atoms with Crippen molar-refractivity contribution in [2.24, 2.45) is 5.92 Å². The lowest BCUT2D eigenvalue weighted by Gasteiger charge is -2.30. The van der Waals surface area contributed by atoms with E-state index in [0.29, 0.717) is 24.9 Å². The predicted molar refractivity (Wildman–Crippen MR) is 166 cm³/mol. The molecule has 1 aliphatic rings. The van der Waals surface area contributed by atoms with Crippen LogP contribution in [0.15, 0.2) is 11.5 Å². The van der Waals surface area contributed by atoms with Crippen LogP contribution in [0.1, 0.15) is 175 Å². The van der Waals surface area contributed by atoms with Gasteiger partial charge in [0.05, 0.1) is 0 Å². The van der Waals surface area contributed by atoms with Crippen molar-refractivity contribution < 1.29 is 28.6 Å². The molecular weight excluding hydrogens is 516 g/mol. The normalized spacial score (nSPS) is 16.9. The molecule has 1 aliphatic heterocycles. The topological polar surface area (TPSA) is 78.9 Å². The Kier molecular flexibility index (Phi) is 23.4. The number of unbranched alkanes of at least 4 members (excludes halogenated alkanes) is 20. The quantitative estimate of drug-likeness (QED) is 0.0548. The summed E-state index contributed by atoms with van der Waals surface area (Å²) in [6.45, 7) is 6.27.